The van der Waals surface area contributed by atoms with Crippen LogP contribution in [0.25, 0.3) is 0 Å². The van der Waals surface area contributed by atoms with E-state index in [0.717, 1.165) is 32.2 Å². The van der Waals surface area contributed by atoms with E-state index in [0.29, 0.717) is 11.5 Å². The SMILES string of the molecule is CCCNC(CN(C)CC1CCOCC1)C(C)(C)C. The molecule has 1 fully saturated rings. The fourth-order valence-corrected chi connectivity index (χ4v) is 2.72. The third kappa shape index (κ3) is 6.73. The molecule has 3 heteroatoms. The standard InChI is InChI=1S/C16H34N2O/c1-6-9-17-15(16(2,3)4)13-18(5)12-14-7-10-19-11-8-14/h14-15,17H,6-13H2,1-5H3. The lowest BCUT2D eigenvalue weighted by Gasteiger charge is -2.36. The minimum Gasteiger partial charge on any atom is -0.381 e. The van der Waals surface area contributed by atoms with Crippen molar-refractivity contribution in [3.8, 4) is 0 Å². The van der Waals surface area contributed by atoms with Gasteiger partial charge in [-0.25, -0.2) is 0 Å². The minimum atomic E-state index is 0.319. The first-order chi connectivity index (χ1) is 8.93. The first-order valence-corrected chi connectivity index (χ1v) is 7.93. The van der Waals surface area contributed by atoms with Gasteiger partial charge >= 0.3 is 0 Å². The Morgan fingerprint density at radius 1 is 1.26 bits per heavy atom. The number of likely N-dealkylation sites (N-methyl/N-ethyl adjacent to an activating group) is 1. The minimum absolute atomic E-state index is 0.319. The van der Waals surface area contributed by atoms with Gasteiger partial charge in [-0.15, -0.1) is 0 Å². The molecule has 0 spiro atoms. The average molecular weight is 270 g/mol. The van der Waals surface area contributed by atoms with Crippen molar-refractivity contribution >= 4 is 0 Å². The summed E-state index contributed by atoms with van der Waals surface area (Å²) in [6.45, 7) is 14.6. The Labute approximate surface area is 120 Å². The fraction of sp³-hybridized carbons (Fsp3) is 1.00. The maximum atomic E-state index is 5.44. The number of hydrogen-bond donors (Lipinski definition) is 1. The molecule has 114 valence electrons. The van der Waals surface area contributed by atoms with Gasteiger partial charge in [0.1, 0.15) is 0 Å². The van der Waals surface area contributed by atoms with E-state index in [1.807, 2.05) is 0 Å². The molecule has 0 aromatic heterocycles. The molecule has 19 heavy (non-hydrogen) atoms. The van der Waals surface area contributed by atoms with Crippen LogP contribution in [0.1, 0.15) is 47.0 Å². The lowest BCUT2D eigenvalue weighted by molar-refractivity contribution is 0.0526. The summed E-state index contributed by atoms with van der Waals surface area (Å²) in [5, 5.41) is 3.71. The van der Waals surface area contributed by atoms with Gasteiger partial charge in [0.25, 0.3) is 0 Å². The van der Waals surface area contributed by atoms with Crippen LogP contribution in [0.2, 0.25) is 0 Å². The molecular formula is C16H34N2O. The van der Waals surface area contributed by atoms with Crippen molar-refractivity contribution in [3.05, 3.63) is 0 Å². The zero-order valence-corrected chi connectivity index (χ0v) is 13.7. The van der Waals surface area contributed by atoms with Crippen LogP contribution in [0.3, 0.4) is 0 Å². The molecule has 1 N–H and O–H groups in total. The molecule has 0 saturated carbocycles. The van der Waals surface area contributed by atoms with E-state index in [2.05, 4.69) is 45.0 Å². The van der Waals surface area contributed by atoms with Crippen molar-refractivity contribution in [1.29, 1.82) is 0 Å². The van der Waals surface area contributed by atoms with Gasteiger partial charge in [-0.3, -0.25) is 0 Å². The summed E-state index contributed by atoms with van der Waals surface area (Å²) in [6, 6.07) is 0.567. The van der Waals surface area contributed by atoms with Crippen LogP contribution in [0.5, 0.6) is 0 Å². The van der Waals surface area contributed by atoms with Crippen LogP contribution in [0, 0.1) is 11.3 Å². The number of nitrogens with zero attached hydrogens (tertiary/aromatic N) is 1. The van der Waals surface area contributed by atoms with Crippen LogP contribution in [0.15, 0.2) is 0 Å². The number of hydrogen-bond acceptors (Lipinski definition) is 3. The zero-order valence-electron chi connectivity index (χ0n) is 13.7. The molecule has 1 atom stereocenters. The third-order valence-electron chi connectivity index (χ3n) is 4.09. The van der Waals surface area contributed by atoms with Crippen molar-refractivity contribution in [2.45, 2.75) is 53.0 Å². The predicted molar refractivity (Wildman–Crippen MR) is 82.6 cm³/mol. The fourth-order valence-electron chi connectivity index (χ4n) is 2.72. The van der Waals surface area contributed by atoms with Gasteiger partial charge in [-0.1, -0.05) is 27.7 Å². The molecule has 0 bridgehead atoms. The van der Waals surface area contributed by atoms with Crippen LogP contribution in [0.4, 0.5) is 0 Å². The summed E-state index contributed by atoms with van der Waals surface area (Å²) in [5.41, 5.74) is 0.319. The molecule has 0 amide bonds. The molecule has 0 aromatic rings. The van der Waals surface area contributed by atoms with Crippen molar-refractivity contribution < 1.29 is 4.74 Å². The highest BCUT2D eigenvalue weighted by Gasteiger charge is 2.26. The zero-order chi connectivity index (χ0) is 14.3. The van der Waals surface area contributed by atoms with E-state index >= 15 is 0 Å². The molecule has 1 aliphatic heterocycles. The van der Waals surface area contributed by atoms with E-state index in [4.69, 9.17) is 4.74 Å². The molecule has 3 nitrogen and oxygen atoms in total. The van der Waals surface area contributed by atoms with Gasteiger partial charge in [-0.2, -0.15) is 0 Å². The second-order valence-electron chi connectivity index (χ2n) is 7.15. The molecule has 1 rings (SSSR count). The summed E-state index contributed by atoms with van der Waals surface area (Å²) in [6.07, 6.45) is 3.66. The van der Waals surface area contributed by atoms with E-state index in [9.17, 15) is 0 Å². The lowest BCUT2D eigenvalue weighted by Crippen LogP contribution is -2.48. The maximum Gasteiger partial charge on any atom is 0.0469 e. The van der Waals surface area contributed by atoms with Crippen molar-refractivity contribution in [1.82, 2.24) is 10.2 Å². The van der Waals surface area contributed by atoms with Crippen LogP contribution < -0.4 is 5.32 Å². The van der Waals surface area contributed by atoms with Gasteiger partial charge in [0, 0.05) is 32.3 Å². The van der Waals surface area contributed by atoms with E-state index in [1.165, 1.54) is 25.8 Å². The van der Waals surface area contributed by atoms with Gasteiger partial charge in [0.05, 0.1) is 0 Å². The molecule has 0 aromatic carbocycles. The average Bonchev–Trinajstić information content (AvgIpc) is 2.34. The molecule has 0 radical (unpaired) electrons. The second-order valence-corrected chi connectivity index (χ2v) is 7.15. The Morgan fingerprint density at radius 3 is 2.42 bits per heavy atom. The highest BCUT2D eigenvalue weighted by Crippen LogP contribution is 2.21. The smallest absolute Gasteiger partial charge is 0.0469 e. The molecule has 1 unspecified atom stereocenters. The summed E-state index contributed by atoms with van der Waals surface area (Å²) in [5.74, 6) is 0.825. The molecule has 1 saturated heterocycles. The lowest BCUT2D eigenvalue weighted by atomic mass is 9.86. The Morgan fingerprint density at radius 2 is 1.89 bits per heavy atom. The van der Waals surface area contributed by atoms with Crippen LogP contribution >= 0.6 is 0 Å². The largest absolute Gasteiger partial charge is 0.381 e. The highest BCUT2D eigenvalue weighted by atomic mass is 16.5. The monoisotopic (exact) mass is 270 g/mol. The molecular weight excluding hydrogens is 236 g/mol. The number of nitrogens with one attached hydrogen (secondary N) is 1. The number of ether oxygens (including phenoxy) is 1. The molecule has 1 heterocycles. The van der Waals surface area contributed by atoms with Crippen LogP contribution in [-0.2, 0) is 4.74 Å². The molecule has 0 aliphatic carbocycles. The van der Waals surface area contributed by atoms with Crippen LogP contribution in [-0.4, -0.2) is 50.8 Å². The highest BCUT2D eigenvalue weighted by molar-refractivity contribution is 4.83. The Bertz CT molecular complexity index is 231. The Hall–Kier alpha value is -0.120. The maximum absolute atomic E-state index is 5.44. The number of rotatable bonds is 7. The first-order valence-electron chi connectivity index (χ1n) is 7.93. The Kier molecular flexibility index (Phi) is 7.33. The van der Waals surface area contributed by atoms with E-state index in [1.54, 1.807) is 0 Å². The second kappa shape index (κ2) is 8.23. The summed E-state index contributed by atoms with van der Waals surface area (Å²) in [4.78, 5) is 2.51. The normalized spacial score (nSPS) is 19.9. The summed E-state index contributed by atoms with van der Waals surface area (Å²) in [7, 11) is 2.27. The summed E-state index contributed by atoms with van der Waals surface area (Å²) < 4.78 is 5.44. The van der Waals surface area contributed by atoms with Gasteiger partial charge in [0.2, 0.25) is 0 Å². The predicted octanol–water partition coefficient (Wildman–Crippen LogP) is 2.76. The van der Waals surface area contributed by atoms with Crippen molar-refractivity contribution in [2.24, 2.45) is 11.3 Å². The van der Waals surface area contributed by atoms with Gasteiger partial charge in [0.15, 0.2) is 0 Å². The van der Waals surface area contributed by atoms with Gasteiger partial charge < -0.3 is 15.0 Å². The van der Waals surface area contributed by atoms with Crippen molar-refractivity contribution in [3.63, 3.8) is 0 Å². The molecule has 1 aliphatic rings. The Balaban J connectivity index is 2.38. The van der Waals surface area contributed by atoms with Crippen molar-refractivity contribution in [2.75, 3.05) is 39.9 Å². The summed E-state index contributed by atoms with van der Waals surface area (Å²) >= 11 is 0. The van der Waals surface area contributed by atoms with Gasteiger partial charge in [-0.05, 0) is 44.2 Å². The topological polar surface area (TPSA) is 24.5 Å². The van der Waals surface area contributed by atoms with E-state index < -0.39 is 0 Å². The first kappa shape index (κ1) is 16.9. The third-order valence-corrected chi connectivity index (χ3v) is 4.09. The van der Waals surface area contributed by atoms with E-state index in [-0.39, 0.29) is 0 Å². The quantitative estimate of drug-likeness (QED) is 0.770.